The minimum Gasteiger partial charge on any atom is -1.00 e. The van der Waals surface area contributed by atoms with E-state index in [9.17, 15) is 0 Å². The van der Waals surface area contributed by atoms with E-state index in [1.807, 2.05) is 3.28 Å². The molecule has 1 fully saturated rings. The number of allylic oxidation sites excluding steroid dienone is 4. The molecule has 0 radical (unpaired) electrons. The molecule has 0 atom stereocenters. The zero-order valence-corrected chi connectivity index (χ0v) is 25.1. The Morgan fingerprint density at radius 1 is 0.781 bits per heavy atom. The Kier molecular flexibility index (Phi) is 7.64. The van der Waals surface area contributed by atoms with Gasteiger partial charge >= 0.3 is 192 Å². The predicted octanol–water partition coefficient (Wildman–Crippen LogP) is 1.83. The van der Waals surface area contributed by atoms with E-state index >= 15 is 0 Å². The van der Waals surface area contributed by atoms with Crippen molar-refractivity contribution in [1.82, 2.24) is 0 Å². The van der Waals surface area contributed by atoms with Crippen molar-refractivity contribution in [3.63, 3.8) is 0 Å². The van der Waals surface area contributed by atoms with E-state index in [1.165, 1.54) is 28.7 Å². The van der Waals surface area contributed by atoms with Crippen LogP contribution >= 0.6 is 0 Å². The number of fused-ring (bicyclic) bond motifs is 3. The van der Waals surface area contributed by atoms with Gasteiger partial charge in [-0.25, -0.2) is 0 Å². The Morgan fingerprint density at radius 3 is 1.66 bits per heavy atom. The number of benzene rings is 2. The minimum atomic E-state index is -1.76. The van der Waals surface area contributed by atoms with Crippen LogP contribution in [0.3, 0.4) is 0 Å². The van der Waals surface area contributed by atoms with Gasteiger partial charge in [-0.3, -0.25) is 0 Å². The van der Waals surface area contributed by atoms with E-state index in [1.54, 1.807) is 23.2 Å². The molecule has 0 nitrogen and oxygen atoms in total. The summed E-state index contributed by atoms with van der Waals surface area (Å²) in [4.78, 5) is 0. The van der Waals surface area contributed by atoms with Crippen LogP contribution in [0.2, 0.25) is 12.1 Å². The fraction of sp³-hybridized carbons (Fsp3) is 0.429. The summed E-state index contributed by atoms with van der Waals surface area (Å²) in [5.74, 6) is 0. The van der Waals surface area contributed by atoms with Crippen LogP contribution in [0.15, 0.2) is 57.9 Å². The average Bonchev–Trinajstić information content (AvgIpc) is 3.26. The molecule has 2 aromatic carbocycles. The zero-order chi connectivity index (χ0) is 21.3. The van der Waals surface area contributed by atoms with E-state index in [0.717, 1.165) is 3.63 Å². The molecule has 168 valence electrons. The van der Waals surface area contributed by atoms with Gasteiger partial charge in [0.2, 0.25) is 0 Å². The van der Waals surface area contributed by atoms with Gasteiger partial charge in [0.15, 0.2) is 0 Å². The number of rotatable bonds is 2. The van der Waals surface area contributed by atoms with Crippen molar-refractivity contribution >= 4 is 5.43 Å². The quantitative estimate of drug-likeness (QED) is 0.492. The molecule has 4 heteroatoms. The third-order valence-corrected chi connectivity index (χ3v) is 27.3. The van der Waals surface area contributed by atoms with E-state index in [4.69, 9.17) is 0 Å². The van der Waals surface area contributed by atoms with Crippen LogP contribution in [-0.2, 0) is 31.2 Å². The Hall–Kier alpha value is -0.400. The Labute approximate surface area is 215 Å². The van der Waals surface area contributed by atoms with Gasteiger partial charge < -0.3 is 24.8 Å². The monoisotopic (exact) mass is 558 g/mol. The molecule has 5 rings (SSSR count). The molecule has 0 unspecified atom stereocenters. The average molecular weight is 561 g/mol. The van der Waals surface area contributed by atoms with Crippen LogP contribution in [0.1, 0.15) is 73.8 Å². The van der Waals surface area contributed by atoms with Gasteiger partial charge in [0, 0.05) is 0 Å². The third-order valence-electron chi connectivity index (χ3n) is 7.03. The molecule has 0 saturated carbocycles. The first-order valence-corrected chi connectivity index (χ1v) is 19.8. The van der Waals surface area contributed by atoms with Gasteiger partial charge in [0.25, 0.3) is 0 Å². The maximum absolute atomic E-state index is 2.62. The topological polar surface area (TPSA) is 0 Å². The molecular weight excluding hydrogens is 527 g/mol. The third kappa shape index (κ3) is 4.72. The first kappa shape index (κ1) is 26.2. The second kappa shape index (κ2) is 9.33. The van der Waals surface area contributed by atoms with Crippen LogP contribution in [0.25, 0.3) is 11.1 Å². The molecule has 2 aromatic rings. The van der Waals surface area contributed by atoms with Crippen molar-refractivity contribution in [1.29, 1.82) is 0 Å². The molecule has 2 aliphatic carbocycles. The summed E-state index contributed by atoms with van der Waals surface area (Å²) in [5, 5.41) is 0. The van der Waals surface area contributed by atoms with Gasteiger partial charge in [-0.1, -0.05) is 0 Å². The molecular formula is C28H34Cl2SiZr. The molecule has 32 heavy (non-hydrogen) atoms. The largest absolute Gasteiger partial charge is 1.00 e. The SMILES string of the molecule is CC(C)(C)c1ccc2c(c1)[CH]([Zr+2]([C]1=CC=CC1)=[Si]1CC1)c1cc(C(C)(C)C)ccc1-2.[Cl-].[Cl-]. The molecule has 0 aromatic heterocycles. The molecule has 0 amide bonds. The Balaban J connectivity index is 0.00000144. The smallest absolute Gasteiger partial charge is 1.00 e. The normalized spacial score (nSPS) is 16.4. The summed E-state index contributed by atoms with van der Waals surface area (Å²) in [5.41, 5.74) is 9.80. The van der Waals surface area contributed by atoms with Gasteiger partial charge in [-0.2, -0.15) is 0 Å². The summed E-state index contributed by atoms with van der Waals surface area (Å²) in [6.07, 6.45) is 8.54. The van der Waals surface area contributed by atoms with Gasteiger partial charge in [0.05, 0.1) is 0 Å². The molecule has 1 aliphatic heterocycles. The van der Waals surface area contributed by atoms with Crippen molar-refractivity contribution < 1.29 is 45.2 Å². The fourth-order valence-electron chi connectivity index (χ4n) is 5.10. The van der Waals surface area contributed by atoms with E-state index < -0.39 is 20.4 Å². The second-order valence-electron chi connectivity index (χ2n) is 11.4. The fourth-order valence-corrected chi connectivity index (χ4v) is 28.2. The van der Waals surface area contributed by atoms with Crippen molar-refractivity contribution in [3.05, 3.63) is 80.2 Å². The van der Waals surface area contributed by atoms with Crippen molar-refractivity contribution in [2.75, 3.05) is 0 Å². The second-order valence-corrected chi connectivity index (χ2v) is 27.0. The number of hydrogen-bond donors (Lipinski definition) is 0. The molecule has 1 saturated heterocycles. The van der Waals surface area contributed by atoms with Gasteiger partial charge in [0.1, 0.15) is 0 Å². The molecule has 0 spiro atoms. The standard InChI is InChI=1S/C21H25.C5H5.C2H4Si.2ClH.Zr/c1-20(2,3)16-7-9-18-14(12-16)11-15-13-17(21(4,5)6)8-10-19(15)18;1-2-4-5-3-1;1-2-3-1;;;/h7-13H,1-6H3;1-3H,4H2;1-2H2;2*1H;/q;;;;;+2/p-2. The zero-order valence-electron chi connectivity index (χ0n) is 20.2. The Morgan fingerprint density at radius 2 is 1.28 bits per heavy atom. The predicted molar refractivity (Wildman–Crippen MR) is 128 cm³/mol. The summed E-state index contributed by atoms with van der Waals surface area (Å²) in [6, 6.07) is 18.1. The van der Waals surface area contributed by atoms with Crippen molar-refractivity contribution in [2.24, 2.45) is 0 Å². The van der Waals surface area contributed by atoms with E-state index in [0.29, 0.717) is 0 Å². The maximum Gasteiger partial charge on any atom is -1.00 e. The van der Waals surface area contributed by atoms with Crippen LogP contribution in [0.5, 0.6) is 0 Å². The van der Waals surface area contributed by atoms with Crippen molar-refractivity contribution in [3.8, 4) is 11.1 Å². The molecule has 0 bridgehead atoms. The van der Waals surface area contributed by atoms with Crippen molar-refractivity contribution in [2.45, 2.75) is 74.5 Å². The van der Waals surface area contributed by atoms with Crippen LogP contribution < -0.4 is 24.8 Å². The van der Waals surface area contributed by atoms with E-state index in [2.05, 4.69) is 96.2 Å². The summed E-state index contributed by atoms with van der Waals surface area (Å²) >= 11 is -1.76. The van der Waals surface area contributed by atoms with Crippen LogP contribution in [0, 0.1) is 0 Å². The summed E-state index contributed by atoms with van der Waals surface area (Å²) in [6.45, 7) is 14.2. The number of halogens is 2. The number of hydrogen-bond acceptors (Lipinski definition) is 0. The maximum atomic E-state index is 2.62. The van der Waals surface area contributed by atoms with Gasteiger partial charge in [-0.05, 0) is 0 Å². The van der Waals surface area contributed by atoms with Crippen LogP contribution in [-0.4, -0.2) is 5.43 Å². The summed E-state index contributed by atoms with van der Waals surface area (Å²) in [7, 11) is 0. The first-order valence-electron chi connectivity index (χ1n) is 11.5. The van der Waals surface area contributed by atoms with E-state index in [-0.39, 0.29) is 41.1 Å². The minimum absolute atomic E-state index is 0. The van der Waals surface area contributed by atoms with Gasteiger partial charge in [-0.15, -0.1) is 0 Å². The van der Waals surface area contributed by atoms with Crippen LogP contribution in [0.4, 0.5) is 0 Å². The molecule has 1 heterocycles. The molecule has 0 N–H and O–H groups in total. The Bertz CT molecular complexity index is 1070. The molecule has 3 aliphatic rings. The summed E-state index contributed by atoms with van der Waals surface area (Å²) < 4.78 is 2.64. The first-order chi connectivity index (χ1) is 14.1.